The minimum absolute atomic E-state index is 0.0971. The Balaban J connectivity index is 1.37. The summed E-state index contributed by atoms with van der Waals surface area (Å²) in [6.07, 6.45) is 0. The molecule has 0 unspecified atom stereocenters. The van der Waals surface area contributed by atoms with Crippen LogP contribution in [0.3, 0.4) is 0 Å². The van der Waals surface area contributed by atoms with Gasteiger partial charge in [-0.3, -0.25) is 14.9 Å². The number of amides is 1. The van der Waals surface area contributed by atoms with E-state index in [4.69, 9.17) is 4.74 Å². The molecule has 2 aromatic carbocycles. The molecule has 1 amide bonds. The van der Waals surface area contributed by atoms with E-state index in [1.54, 1.807) is 22.7 Å². The lowest BCUT2D eigenvalue weighted by Crippen LogP contribution is -2.36. The van der Waals surface area contributed by atoms with Gasteiger partial charge >= 0.3 is 0 Å². The quantitative estimate of drug-likeness (QED) is 0.340. The fourth-order valence-electron chi connectivity index (χ4n) is 3.85. The maximum absolute atomic E-state index is 12.9. The molecule has 3 heterocycles. The van der Waals surface area contributed by atoms with Gasteiger partial charge in [0.1, 0.15) is 10.7 Å². The summed E-state index contributed by atoms with van der Waals surface area (Å²) in [5, 5.41) is 28.0. The zero-order valence-electron chi connectivity index (χ0n) is 18.5. The molecule has 4 aromatic rings. The predicted octanol–water partition coefficient (Wildman–Crippen LogP) is 3.47. The summed E-state index contributed by atoms with van der Waals surface area (Å²) in [6.45, 7) is 5.88. The number of morpholine rings is 1. The number of rotatable bonds is 5. The van der Waals surface area contributed by atoms with Crippen LogP contribution in [0.1, 0.15) is 21.7 Å². The molecular formula is C22H21N7O4S. The summed E-state index contributed by atoms with van der Waals surface area (Å²) >= 11 is 1.43. The van der Waals surface area contributed by atoms with E-state index < -0.39 is 10.8 Å². The molecule has 0 bridgehead atoms. The molecule has 2 aromatic heterocycles. The first-order valence-electron chi connectivity index (χ1n) is 10.6. The van der Waals surface area contributed by atoms with Gasteiger partial charge in [0.15, 0.2) is 5.82 Å². The van der Waals surface area contributed by atoms with Gasteiger partial charge in [0, 0.05) is 36.0 Å². The Labute approximate surface area is 198 Å². The Morgan fingerprint density at radius 1 is 1.15 bits per heavy atom. The van der Waals surface area contributed by atoms with Crippen molar-refractivity contribution in [2.45, 2.75) is 13.8 Å². The van der Waals surface area contributed by atoms with E-state index in [1.165, 1.54) is 17.4 Å². The summed E-state index contributed by atoms with van der Waals surface area (Å²) < 4.78 is 7.02. The van der Waals surface area contributed by atoms with Crippen LogP contribution in [0.5, 0.6) is 0 Å². The molecule has 1 aliphatic rings. The summed E-state index contributed by atoms with van der Waals surface area (Å²) in [7, 11) is 0. The fourth-order valence-corrected chi connectivity index (χ4v) is 4.73. The number of nitrogens with one attached hydrogen (secondary N) is 1. The van der Waals surface area contributed by atoms with Crippen molar-refractivity contribution in [3.63, 3.8) is 0 Å². The molecule has 34 heavy (non-hydrogen) atoms. The summed E-state index contributed by atoms with van der Waals surface area (Å²) in [5.74, 6) is 0.300. The number of hydrogen-bond donors (Lipinski definition) is 1. The van der Waals surface area contributed by atoms with Crippen molar-refractivity contribution in [2.24, 2.45) is 0 Å². The second-order valence-corrected chi connectivity index (χ2v) is 8.85. The van der Waals surface area contributed by atoms with Crippen molar-refractivity contribution in [2.75, 3.05) is 36.5 Å². The molecule has 1 fully saturated rings. The molecule has 11 nitrogen and oxygen atoms in total. The number of hydrogen-bond acceptors (Lipinski definition) is 9. The van der Waals surface area contributed by atoms with Crippen LogP contribution in [-0.2, 0) is 4.74 Å². The van der Waals surface area contributed by atoms with Gasteiger partial charge in [0.2, 0.25) is 4.96 Å². The maximum atomic E-state index is 12.9. The minimum Gasteiger partial charge on any atom is -0.378 e. The number of nitro groups is 1. The van der Waals surface area contributed by atoms with Gasteiger partial charge in [-0.25, -0.2) is 0 Å². The van der Waals surface area contributed by atoms with Gasteiger partial charge < -0.3 is 15.0 Å². The standard InChI is InChI=1S/C22H21N7O4S/c1-13-11-16(21-26-28-14(2)24-25-22(28)34-21)3-5-17(13)23-20(30)15-4-6-18(19(12-15)29(31)32)27-7-9-33-10-8-27/h3-6,11-12H,7-10H2,1-2H3,(H,23,30). The number of nitrogens with zero attached hydrogens (tertiary/aromatic N) is 6. The lowest BCUT2D eigenvalue weighted by atomic mass is 10.1. The van der Waals surface area contributed by atoms with E-state index in [0.717, 1.165) is 16.1 Å². The van der Waals surface area contributed by atoms with E-state index in [1.807, 2.05) is 30.9 Å². The highest BCUT2D eigenvalue weighted by molar-refractivity contribution is 7.19. The van der Waals surface area contributed by atoms with Crippen molar-refractivity contribution in [1.29, 1.82) is 0 Å². The third-order valence-corrected chi connectivity index (χ3v) is 6.60. The molecule has 0 radical (unpaired) electrons. The summed E-state index contributed by atoms with van der Waals surface area (Å²) in [6, 6.07) is 10.2. The van der Waals surface area contributed by atoms with Crippen LogP contribution in [0.25, 0.3) is 15.5 Å². The Bertz CT molecular complexity index is 1410. The number of fused-ring (bicyclic) bond motifs is 1. The molecule has 0 atom stereocenters. The fraction of sp³-hybridized carbons (Fsp3) is 0.273. The molecule has 0 aliphatic carbocycles. The molecular weight excluding hydrogens is 458 g/mol. The highest BCUT2D eigenvalue weighted by Gasteiger charge is 2.23. The van der Waals surface area contributed by atoms with Crippen LogP contribution in [0.15, 0.2) is 36.4 Å². The van der Waals surface area contributed by atoms with Crippen molar-refractivity contribution < 1.29 is 14.5 Å². The highest BCUT2D eigenvalue weighted by Crippen LogP contribution is 2.31. The van der Waals surface area contributed by atoms with Crippen LogP contribution in [-0.4, -0.2) is 56.9 Å². The predicted molar refractivity (Wildman–Crippen MR) is 128 cm³/mol. The lowest BCUT2D eigenvalue weighted by molar-refractivity contribution is -0.384. The second-order valence-electron chi connectivity index (χ2n) is 7.89. The largest absolute Gasteiger partial charge is 0.378 e. The zero-order chi connectivity index (χ0) is 23.8. The highest BCUT2D eigenvalue weighted by atomic mass is 32.1. The lowest BCUT2D eigenvalue weighted by Gasteiger charge is -2.28. The first-order chi connectivity index (χ1) is 16.4. The number of carbonyl (C=O) groups excluding carboxylic acids is 1. The smallest absolute Gasteiger partial charge is 0.293 e. The topological polar surface area (TPSA) is 128 Å². The number of ether oxygens (including phenoxy) is 1. The number of anilines is 2. The molecule has 0 spiro atoms. The van der Waals surface area contributed by atoms with E-state index in [0.29, 0.717) is 48.5 Å². The van der Waals surface area contributed by atoms with Crippen LogP contribution in [0.4, 0.5) is 17.1 Å². The first-order valence-corrected chi connectivity index (χ1v) is 11.4. The van der Waals surface area contributed by atoms with Crippen LogP contribution < -0.4 is 10.2 Å². The molecule has 0 saturated carbocycles. The Kier molecular flexibility index (Phi) is 5.67. The van der Waals surface area contributed by atoms with Crippen LogP contribution >= 0.6 is 11.3 Å². The van der Waals surface area contributed by atoms with Gasteiger partial charge in [0.05, 0.1) is 18.1 Å². The van der Waals surface area contributed by atoms with E-state index in [9.17, 15) is 14.9 Å². The van der Waals surface area contributed by atoms with Crippen LogP contribution in [0, 0.1) is 24.0 Å². The van der Waals surface area contributed by atoms with Gasteiger partial charge in [-0.1, -0.05) is 11.3 Å². The minimum atomic E-state index is -0.455. The average molecular weight is 480 g/mol. The van der Waals surface area contributed by atoms with Gasteiger partial charge in [-0.15, -0.1) is 10.2 Å². The number of aryl methyl sites for hydroxylation is 2. The molecule has 5 rings (SSSR count). The first kappa shape index (κ1) is 21.9. The van der Waals surface area contributed by atoms with Gasteiger partial charge in [0.25, 0.3) is 11.6 Å². The third kappa shape index (κ3) is 4.08. The molecule has 1 aliphatic heterocycles. The zero-order valence-corrected chi connectivity index (χ0v) is 19.3. The maximum Gasteiger partial charge on any atom is 0.293 e. The molecule has 1 N–H and O–H groups in total. The SMILES string of the molecule is Cc1cc(-c2nn3c(C)nnc3s2)ccc1NC(=O)c1ccc(N2CCOCC2)c([N+](=O)[O-])c1. The van der Waals surface area contributed by atoms with Gasteiger partial charge in [-0.05, 0) is 49.7 Å². The number of aromatic nitrogens is 4. The van der Waals surface area contributed by atoms with Gasteiger partial charge in [-0.2, -0.15) is 9.61 Å². The average Bonchev–Trinajstić information content (AvgIpc) is 3.42. The van der Waals surface area contributed by atoms with E-state index in [-0.39, 0.29) is 11.3 Å². The van der Waals surface area contributed by atoms with Crippen molar-refractivity contribution in [1.82, 2.24) is 19.8 Å². The Morgan fingerprint density at radius 2 is 1.94 bits per heavy atom. The van der Waals surface area contributed by atoms with Crippen molar-refractivity contribution >= 4 is 39.3 Å². The molecule has 12 heteroatoms. The van der Waals surface area contributed by atoms with Crippen molar-refractivity contribution in [3.05, 3.63) is 63.5 Å². The normalized spacial score (nSPS) is 13.9. The Morgan fingerprint density at radius 3 is 2.65 bits per heavy atom. The summed E-state index contributed by atoms with van der Waals surface area (Å²) in [4.78, 5) is 26.8. The molecule has 1 saturated heterocycles. The van der Waals surface area contributed by atoms with Crippen molar-refractivity contribution in [3.8, 4) is 10.6 Å². The number of carbonyl (C=O) groups is 1. The Hall–Kier alpha value is -3.90. The van der Waals surface area contributed by atoms with E-state index in [2.05, 4.69) is 20.6 Å². The number of nitro benzene ring substituents is 1. The third-order valence-electron chi connectivity index (χ3n) is 5.65. The number of benzene rings is 2. The summed E-state index contributed by atoms with van der Waals surface area (Å²) in [5.41, 5.74) is 2.97. The van der Waals surface area contributed by atoms with E-state index >= 15 is 0 Å². The van der Waals surface area contributed by atoms with Crippen LogP contribution in [0.2, 0.25) is 0 Å². The molecule has 174 valence electrons. The monoisotopic (exact) mass is 479 g/mol. The second kappa shape index (κ2) is 8.80.